The molecule has 0 saturated carbocycles. The summed E-state index contributed by atoms with van der Waals surface area (Å²) in [5, 5.41) is 9.85. The Morgan fingerprint density at radius 3 is 2.14 bits per heavy atom. The number of aliphatic hydroxyl groups is 1. The van der Waals surface area contributed by atoms with Crippen LogP contribution < -0.4 is 0 Å². The van der Waals surface area contributed by atoms with E-state index < -0.39 is 46.4 Å². The van der Waals surface area contributed by atoms with E-state index in [0.29, 0.717) is 18.2 Å². The van der Waals surface area contributed by atoms with Gasteiger partial charge in [-0.05, 0) is 24.3 Å². The van der Waals surface area contributed by atoms with Crippen molar-refractivity contribution in [2.24, 2.45) is 0 Å². The van der Waals surface area contributed by atoms with Crippen molar-refractivity contribution in [1.82, 2.24) is 0 Å². The average Bonchev–Trinajstić information content (AvgIpc) is 2.40. The summed E-state index contributed by atoms with van der Waals surface area (Å²) in [5.74, 6) is -3.89. The molecule has 0 amide bonds. The number of rotatable bonds is 2. The zero-order valence-corrected chi connectivity index (χ0v) is 10.3. The molecule has 0 bridgehead atoms. The highest BCUT2D eigenvalue weighted by atomic mass is 19.4. The van der Waals surface area contributed by atoms with Crippen molar-refractivity contribution in [2.45, 2.75) is 12.3 Å². The average molecular weight is 306 g/mol. The second kappa shape index (κ2) is 5.40. The molecule has 2 aromatic rings. The van der Waals surface area contributed by atoms with Gasteiger partial charge in [0.2, 0.25) is 0 Å². The number of benzene rings is 2. The van der Waals surface area contributed by atoms with E-state index in [1.54, 1.807) is 0 Å². The second-order valence-corrected chi connectivity index (χ2v) is 4.28. The van der Waals surface area contributed by atoms with E-state index in [1.807, 2.05) is 0 Å². The van der Waals surface area contributed by atoms with Crippen LogP contribution in [0.25, 0.3) is 0 Å². The predicted octanol–water partition coefficient (Wildman–Crippen LogP) is 4.20. The van der Waals surface area contributed by atoms with Gasteiger partial charge in [-0.15, -0.1) is 0 Å². The number of aliphatic hydroxyl groups excluding tert-OH is 1. The van der Waals surface area contributed by atoms with Gasteiger partial charge in [-0.1, -0.05) is 12.1 Å². The van der Waals surface area contributed by atoms with Gasteiger partial charge < -0.3 is 5.11 Å². The van der Waals surface area contributed by atoms with E-state index in [1.165, 1.54) is 0 Å². The SMILES string of the molecule is OC(c1cc(C(F)(F)F)ccc1F)c1cccc(F)c1F. The van der Waals surface area contributed by atoms with Crippen LogP contribution in [0.3, 0.4) is 0 Å². The van der Waals surface area contributed by atoms with Crippen molar-refractivity contribution < 1.29 is 31.4 Å². The molecule has 21 heavy (non-hydrogen) atoms. The fraction of sp³-hybridized carbons (Fsp3) is 0.143. The third-order valence-electron chi connectivity index (χ3n) is 2.89. The lowest BCUT2D eigenvalue weighted by Gasteiger charge is -2.15. The Labute approximate surface area is 115 Å². The summed E-state index contributed by atoms with van der Waals surface area (Å²) in [7, 11) is 0. The minimum atomic E-state index is -4.75. The predicted molar refractivity (Wildman–Crippen MR) is 61.8 cm³/mol. The fourth-order valence-electron chi connectivity index (χ4n) is 1.83. The first kappa shape index (κ1) is 15.4. The molecule has 1 atom stereocenters. The summed E-state index contributed by atoms with van der Waals surface area (Å²) >= 11 is 0. The molecule has 0 aromatic heterocycles. The van der Waals surface area contributed by atoms with Gasteiger partial charge in [-0.3, -0.25) is 0 Å². The molecule has 0 saturated heterocycles. The molecule has 0 aliphatic rings. The molecule has 1 N–H and O–H groups in total. The summed E-state index contributed by atoms with van der Waals surface area (Å²) in [6.07, 6.45) is -6.80. The van der Waals surface area contributed by atoms with Gasteiger partial charge in [0.1, 0.15) is 11.9 Å². The summed E-state index contributed by atoms with van der Waals surface area (Å²) in [4.78, 5) is 0. The van der Waals surface area contributed by atoms with E-state index in [4.69, 9.17) is 0 Å². The van der Waals surface area contributed by atoms with Crippen LogP contribution in [0.2, 0.25) is 0 Å². The van der Waals surface area contributed by atoms with Crippen molar-refractivity contribution in [1.29, 1.82) is 0 Å². The van der Waals surface area contributed by atoms with Crippen LogP contribution in [0.4, 0.5) is 26.3 Å². The highest BCUT2D eigenvalue weighted by Gasteiger charge is 2.32. The van der Waals surface area contributed by atoms with Crippen LogP contribution >= 0.6 is 0 Å². The Morgan fingerprint density at radius 1 is 0.857 bits per heavy atom. The molecule has 1 unspecified atom stereocenters. The summed E-state index contributed by atoms with van der Waals surface area (Å²) in [6, 6.07) is 4.16. The smallest absolute Gasteiger partial charge is 0.383 e. The van der Waals surface area contributed by atoms with E-state index >= 15 is 0 Å². The van der Waals surface area contributed by atoms with E-state index in [9.17, 15) is 31.4 Å². The molecule has 0 spiro atoms. The van der Waals surface area contributed by atoms with Crippen molar-refractivity contribution in [3.63, 3.8) is 0 Å². The largest absolute Gasteiger partial charge is 0.416 e. The Kier molecular flexibility index (Phi) is 3.95. The zero-order valence-electron chi connectivity index (χ0n) is 10.3. The fourth-order valence-corrected chi connectivity index (χ4v) is 1.83. The first-order chi connectivity index (χ1) is 9.71. The standard InChI is InChI=1S/C14H8F6O/c15-10-5-4-7(14(18,19)20)6-9(10)13(21)8-2-1-3-11(16)12(8)17/h1-6,13,21H. The molecule has 112 valence electrons. The lowest BCUT2D eigenvalue weighted by molar-refractivity contribution is -0.137. The van der Waals surface area contributed by atoms with Crippen molar-refractivity contribution in [3.05, 3.63) is 70.5 Å². The number of hydrogen-bond donors (Lipinski definition) is 1. The highest BCUT2D eigenvalue weighted by Crippen LogP contribution is 2.34. The van der Waals surface area contributed by atoms with Crippen LogP contribution in [-0.4, -0.2) is 5.11 Å². The normalized spacial score (nSPS) is 13.3. The maximum atomic E-state index is 13.6. The van der Waals surface area contributed by atoms with Gasteiger partial charge in [0.05, 0.1) is 5.56 Å². The lowest BCUT2D eigenvalue weighted by atomic mass is 9.98. The minimum absolute atomic E-state index is 0.365. The number of alkyl halides is 3. The summed E-state index contributed by atoms with van der Waals surface area (Å²) in [5.41, 5.74) is -2.63. The van der Waals surface area contributed by atoms with Crippen LogP contribution in [0, 0.1) is 17.5 Å². The quantitative estimate of drug-likeness (QED) is 0.824. The molecule has 7 heteroatoms. The minimum Gasteiger partial charge on any atom is -0.383 e. The summed E-state index contributed by atoms with van der Waals surface area (Å²) < 4.78 is 77.9. The molecular weight excluding hydrogens is 298 g/mol. The third-order valence-corrected chi connectivity index (χ3v) is 2.89. The van der Waals surface area contributed by atoms with Gasteiger partial charge in [-0.2, -0.15) is 13.2 Å². The van der Waals surface area contributed by atoms with Crippen LogP contribution in [-0.2, 0) is 6.18 Å². The molecule has 1 nitrogen and oxygen atoms in total. The first-order valence-corrected chi connectivity index (χ1v) is 5.70. The monoisotopic (exact) mass is 306 g/mol. The van der Waals surface area contributed by atoms with Gasteiger partial charge in [-0.25, -0.2) is 13.2 Å². The van der Waals surface area contributed by atoms with Gasteiger partial charge in [0.15, 0.2) is 11.6 Å². The Morgan fingerprint density at radius 2 is 1.52 bits per heavy atom. The van der Waals surface area contributed by atoms with Gasteiger partial charge in [0.25, 0.3) is 0 Å². The molecule has 0 aliphatic carbocycles. The molecular formula is C14H8F6O. The first-order valence-electron chi connectivity index (χ1n) is 5.70. The van der Waals surface area contributed by atoms with E-state index in [2.05, 4.69) is 0 Å². The van der Waals surface area contributed by atoms with Gasteiger partial charge in [0, 0.05) is 11.1 Å². The molecule has 2 rings (SSSR count). The molecule has 0 radical (unpaired) electrons. The Hall–Kier alpha value is -2.02. The number of hydrogen-bond acceptors (Lipinski definition) is 1. The molecule has 0 fully saturated rings. The highest BCUT2D eigenvalue weighted by molar-refractivity contribution is 5.35. The Bertz CT molecular complexity index is 665. The maximum Gasteiger partial charge on any atom is 0.416 e. The number of halogens is 6. The molecule has 0 heterocycles. The van der Waals surface area contributed by atoms with E-state index in [-0.39, 0.29) is 0 Å². The zero-order chi connectivity index (χ0) is 15.8. The third kappa shape index (κ3) is 3.02. The van der Waals surface area contributed by atoms with Gasteiger partial charge >= 0.3 is 6.18 Å². The molecule has 2 aromatic carbocycles. The van der Waals surface area contributed by atoms with Crippen LogP contribution in [0.15, 0.2) is 36.4 Å². The maximum absolute atomic E-state index is 13.6. The van der Waals surface area contributed by atoms with Crippen LogP contribution in [0.1, 0.15) is 22.8 Å². The summed E-state index contributed by atoms with van der Waals surface area (Å²) in [6.45, 7) is 0. The van der Waals surface area contributed by atoms with Crippen molar-refractivity contribution >= 4 is 0 Å². The molecule has 0 aliphatic heterocycles. The van der Waals surface area contributed by atoms with E-state index in [0.717, 1.165) is 18.2 Å². The topological polar surface area (TPSA) is 20.2 Å². The van der Waals surface area contributed by atoms with Crippen molar-refractivity contribution in [3.8, 4) is 0 Å². The Balaban J connectivity index is 2.53. The van der Waals surface area contributed by atoms with Crippen molar-refractivity contribution in [2.75, 3.05) is 0 Å². The lowest BCUT2D eigenvalue weighted by Crippen LogP contribution is -2.10. The van der Waals surface area contributed by atoms with Crippen LogP contribution in [0.5, 0.6) is 0 Å². The second-order valence-electron chi connectivity index (χ2n) is 4.28.